The summed E-state index contributed by atoms with van der Waals surface area (Å²) in [4.78, 5) is 27.3. The molecule has 1 heterocycles. The van der Waals surface area contributed by atoms with Crippen molar-refractivity contribution in [2.75, 3.05) is 37.4 Å². The van der Waals surface area contributed by atoms with Gasteiger partial charge in [-0.05, 0) is 69.1 Å². The standard InChI is InChI=1S/C25H31F3N4O3/c1-17-6-3-4-14-32(17)15-5-13-29-23(33)21-12-11-20(16-22(21)35-2)31-24(34)30-19-9-7-18(8-10-19)25(26,27)28/h7-12,16-17H,3-6,13-15H2,1-2H3,(H,29,33)(H2,30,31,34). The van der Waals surface area contributed by atoms with Crippen LogP contribution in [0, 0.1) is 0 Å². The van der Waals surface area contributed by atoms with Gasteiger partial charge >= 0.3 is 12.2 Å². The highest BCUT2D eigenvalue weighted by Gasteiger charge is 2.30. The summed E-state index contributed by atoms with van der Waals surface area (Å²) in [6.45, 7) is 4.82. The van der Waals surface area contributed by atoms with Gasteiger partial charge in [0.05, 0.1) is 18.2 Å². The Labute approximate surface area is 203 Å². The summed E-state index contributed by atoms with van der Waals surface area (Å²) in [5.41, 5.74) is 0.106. The van der Waals surface area contributed by atoms with Crippen molar-refractivity contribution in [2.24, 2.45) is 0 Å². The smallest absolute Gasteiger partial charge is 0.416 e. The van der Waals surface area contributed by atoms with E-state index in [-0.39, 0.29) is 11.6 Å². The number of methoxy groups -OCH3 is 1. The molecule has 0 aliphatic carbocycles. The molecule has 1 atom stereocenters. The average Bonchev–Trinajstić information content (AvgIpc) is 2.82. The highest BCUT2D eigenvalue weighted by Crippen LogP contribution is 2.30. The molecule has 1 aliphatic rings. The molecule has 0 bridgehead atoms. The second-order valence-electron chi connectivity index (χ2n) is 8.56. The van der Waals surface area contributed by atoms with Crippen LogP contribution in [-0.2, 0) is 6.18 Å². The van der Waals surface area contributed by atoms with E-state index in [1.165, 1.54) is 44.6 Å². The molecule has 1 unspecified atom stereocenters. The van der Waals surface area contributed by atoms with Gasteiger partial charge < -0.3 is 25.6 Å². The lowest BCUT2D eigenvalue weighted by Gasteiger charge is -2.33. The fourth-order valence-electron chi connectivity index (χ4n) is 4.06. The Kier molecular flexibility index (Phi) is 8.97. The van der Waals surface area contributed by atoms with E-state index in [0.29, 0.717) is 29.6 Å². The first-order valence-electron chi connectivity index (χ1n) is 11.6. The highest BCUT2D eigenvalue weighted by molar-refractivity contribution is 6.01. The van der Waals surface area contributed by atoms with Crippen LogP contribution in [0.15, 0.2) is 42.5 Å². The Morgan fingerprint density at radius 1 is 1.06 bits per heavy atom. The fourth-order valence-corrected chi connectivity index (χ4v) is 4.06. The zero-order valence-electron chi connectivity index (χ0n) is 19.9. The van der Waals surface area contributed by atoms with Crippen molar-refractivity contribution in [2.45, 2.75) is 44.8 Å². The lowest BCUT2D eigenvalue weighted by molar-refractivity contribution is -0.137. The van der Waals surface area contributed by atoms with Gasteiger partial charge in [0.2, 0.25) is 0 Å². The minimum absolute atomic E-state index is 0.206. The number of likely N-dealkylation sites (tertiary alicyclic amines) is 1. The van der Waals surface area contributed by atoms with E-state index in [2.05, 4.69) is 27.8 Å². The lowest BCUT2D eigenvalue weighted by Crippen LogP contribution is -2.39. The molecule has 2 aromatic carbocycles. The zero-order chi connectivity index (χ0) is 25.4. The summed E-state index contributed by atoms with van der Waals surface area (Å²) in [6, 6.07) is 8.67. The van der Waals surface area contributed by atoms with E-state index in [4.69, 9.17) is 4.74 Å². The molecule has 0 radical (unpaired) electrons. The molecular formula is C25H31F3N4O3. The number of alkyl halides is 3. The maximum Gasteiger partial charge on any atom is 0.416 e. The normalized spacial score (nSPS) is 16.4. The number of halogens is 3. The quantitative estimate of drug-likeness (QED) is 0.434. The predicted octanol–water partition coefficient (Wildman–Crippen LogP) is 5.35. The van der Waals surface area contributed by atoms with E-state index in [9.17, 15) is 22.8 Å². The Morgan fingerprint density at radius 2 is 1.74 bits per heavy atom. The minimum atomic E-state index is -4.45. The number of carbonyl (C=O) groups excluding carboxylic acids is 2. The zero-order valence-corrected chi connectivity index (χ0v) is 19.9. The highest BCUT2D eigenvalue weighted by atomic mass is 19.4. The molecule has 0 saturated carbocycles. The van der Waals surface area contributed by atoms with Crippen LogP contribution >= 0.6 is 0 Å². The number of urea groups is 1. The van der Waals surface area contributed by atoms with Crippen LogP contribution in [-0.4, -0.2) is 49.6 Å². The van der Waals surface area contributed by atoms with Gasteiger partial charge in [0.25, 0.3) is 5.91 Å². The van der Waals surface area contributed by atoms with Crippen LogP contribution in [0.4, 0.5) is 29.3 Å². The number of carbonyl (C=O) groups is 2. The van der Waals surface area contributed by atoms with E-state index < -0.39 is 17.8 Å². The van der Waals surface area contributed by atoms with Gasteiger partial charge in [-0.1, -0.05) is 6.42 Å². The van der Waals surface area contributed by atoms with Crippen LogP contribution in [0.1, 0.15) is 48.5 Å². The molecule has 35 heavy (non-hydrogen) atoms. The molecule has 2 aromatic rings. The van der Waals surface area contributed by atoms with Gasteiger partial charge in [-0.25, -0.2) is 4.79 Å². The Morgan fingerprint density at radius 3 is 2.40 bits per heavy atom. The van der Waals surface area contributed by atoms with Crippen LogP contribution in [0.2, 0.25) is 0 Å². The molecule has 7 nitrogen and oxygen atoms in total. The summed E-state index contributed by atoms with van der Waals surface area (Å²) in [7, 11) is 1.43. The summed E-state index contributed by atoms with van der Waals surface area (Å²) in [6.07, 6.45) is 0.109. The van der Waals surface area contributed by atoms with Gasteiger partial charge in [0, 0.05) is 36.6 Å². The topological polar surface area (TPSA) is 82.7 Å². The van der Waals surface area contributed by atoms with Crippen LogP contribution < -0.4 is 20.7 Å². The van der Waals surface area contributed by atoms with Crippen molar-refractivity contribution in [3.63, 3.8) is 0 Å². The number of nitrogens with one attached hydrogen (secondary N) is 3. The van der Waals surface area contributed by atoms with E-state index in [0.717, 1.165) is 31.6 Å². The largest absolute Gasteiger partial charge is 0.496 e. The fraction of sp³-hybridized carbons (Fsp3) is 0.440. The van der Waals surface area contributed by atoms with Crippen molar-refractivity contribution in [3.8, 4) is 5.75 Å². The summed E-state index contributed by atoms with van der Waals surface area (Å²) < 4.78 is 43.3. The van der Waals surface area contributed by atoms with Crippen molar-refractivity contribution < 1.29 is 27.5 Å². The summed E-state index contributed by atoms with van der Waals surface area (Å²) >= 11 is 0. The minimum Gasteiger partial charge on any atom is -0.496 e. The number of amides is 3. The Balaban J connectivity index is 1.51. The molecular weight excluding hydrogens is 461 g/mol. The molecule has 1 aliphatic heterocycles. The third-order valence-corrected chi connectivity index (χ3v) is 6.02. The summed E-state index contributed by atoms with van der Waals surface area (Å²) in [5, 5.41) is 7.96. The average molecular weight is 493 g/mol. The molecule has 3 rings (SSSR count). The molecule has 1 fully saturated rings. The molecule has 1 saturated heterocycles. The number of hydrogen-bond donors (Lipinski definition) is 3. The molecule has 10 heteroatoms. The maximum atomic E-state index is 12.7. The van der Waals surface area contributed by atoms with Crippen molar-refractivity contribution in [1.29, 1.82) is 0 Å². The predicted molar refractivity (Wildman–Crippen MR) is 129 cm³/mol. The lowest BCUT2D eigenvalue weighted by atomic mass is 10.0. The van der Waals surface area contributed by atoms with Crippen molar-refractivity contribution in [1.82, 2.24) is 10.2 Å². The van der Waals surface area contributed by atoms with E-state index in [1.807, 2.05) is 0 Å². The number of ether oxygens (including phenoxy) is 1. The van der Waals surface area contributed by atoms with Gasteiger partial charge in [0.15, 0.2) is 0 Å². The molecule has 0 aromatic heterocycles. The van der Waals surface area contributed by atoms with Crippen LogP contribution in [0.25, 0.3) is 0 Å². The number of hydrogen-bond acceptors (Lipinski definition) is 4. The molecule has 3 N–H and O–H groups in total. The first kappa shape index (κ1) is 26.3. The number of benzene rings is 2. The molecule has 190 valence electrons. The Bertz CT molecular complexity index is 1010. The Hall–Kier alpha value is -3.27. The monoisotopic (exact) mass is 492 g/mol. The second-order valence-corrected chi connectivity index (χ2v) is 8.56. The first-order valence-corrected chi connectivity index (χ1v) is 11.6. The second kappa shape index (κ2) is 11.9. The van der Waals surface area contributed by atoms with E-state index in [1.54, 1.807) is 12.1 Å². The third kappa shape index (κ3) is 7.61. The maximum absolute atomic E-state index is 12.7. The summed E-state index contributed by atoms with van der Waals surface area (Å²) in [5.74, 6) is 0.0220. The molecule has 3 amide bonds. The van der Waals surface area contributed by atoms with Crippen molar-refractivity contribution >= 4 is 23.3 Å². The number of nitrogens with zero attached hydrogens (tertiary/aromatic N) is 1. The van der Waals surface area contributed by atoms with Crippen molar-refractivity contribution in [3.05, 3.63) is 53.6 Å². The number of rotatable bonds is 8. The van der Waals surface area contributed by atoms with Crippen LogP contribution in [0.5, 0.6) is 5.75 Å². The SMILES string of the molecule is COc1cc(NC(=O)Nc2ccc(C(F)(F)F)cc2)ccc1C(=O)NCCCN1CCCCC1C. The molecule has 0 spiro atoms. The first-order chi connectivity index (χ1) is 16.7. The van der Waals surface area contributed by atoms with Crippen LogP contribution in [0.3, 0.4) is 0 Å². The van der Waals surface area contributed by atoms with Gasteiger partial charge in [-0.15, -0.1) is 0 Å². The number of piperidine rings is 1. The van der Waals surface area contributed by atoms with E-state index >= 15 is 0 Å². The number of anilines is 2. The van der Waals surface area contributed by atoms with Gasteiger partial charge in [-0.2, -0.15) is 13.2 Å². The van der Waals surface area contributed by atoms with Gasteiger partial charge in [-0.3, -0.25) is 4.79 Å². The van der Waals surface area contributed by atoms with Gasteiger partial charge in [0.1, 0.15) is 5.75 Å². The third-order valence-electron chi connectivity index (χ3n) is 6.02.